The number of aliphatic hydroxyl groups is 1. The lowest BCUT2D eigenvalue weighted by atomic mass is 9.96. The highest BCUT2D eigenvalue weighted by Gasteiger charge is 2.18. The van der Waals surface area contributed by atoms with Gasteiger partial charge in [-0.1, -0.05) is 48.5 Å². The number of pyridine rings is 1. The van der Waals surface area contributed by atoms with Crippen molar-refractivity contribution in [3.05, 3.63) is 113 Å². The maximum Gasteiger partial charge on any atom is 0.320 e. The van der Waals surface area contributed by atoms with Crippen LogP contribution in [0, 0.1) is 25.2 Å². The molecule has 3 aromatic carbocycles. The average molecular weight is 551 g/mol. The van der Waals surface area contributed by atoms with Gasteiger partial charge in [-0.15, -0.1) is 0 Å². The maximum atomic E-state index is 11.6. The summed E-state index contributed by atoms with van der Waals surface area (Å²) in [5.74, 6) is -0.445. The maximum absolute atomic E-state index is 11.6. The van der Waals surface area contributed by atoms with Gasteiger partial charge >= 0.3 is 5.97 Å². The molecular formula is C33H34N4O4. The first-order valence-corrected chi connectivity index (χ1v) is 13.4. The van der Waals surface area contributed by atoms with Gasteiger partial charge in [0.1, 0.15) is 24.5 Å². The van der Waals surface area contributed by atoms with E-state index in [4.69, 9.17) is 4.74 Å². The monoisotopic (exact) mass is 550 g/mol. The van der Waals surface area contributed by atoms with E-state index >= 15 is 0 Å². The number of ether oxygens (including phenoxy) is 1. The first-order chi connectivity index (χ1) is 19.9. The number of hydrogen-bond donors (Lipinski definition) is 4. The Hall–Kier alpha value is -4.71. The van der Waals surface area contributed by atoms with Gasteiger partial charge in [-0.25, -0.2) is 0 Å². The third-order valence-corrected chi connectivity index (χ3v) is 6.98. The van der Waals surface area contributed by atoms with Gasteiger partial charge < -0.3 is 25.6 Å². The number of aromatic nitrogens is 1. The lowest BCUT2D eigenvalue weighted by Gasteiger charge is -2.20. The lowest BCUT2D eigenvalue weighted by molar-refractivity contribution is -0.140. The summed E-state index contributed by atoms with van der Waals surface area (Å²) in [5.41, 5.74) is 8.58. The van der Waals surface area contributed by atoms with E-state index in [1.807, 2.05) is 37.3 Å². The largest absolute Gasteiger partial charge is 0.488 e. The highest BCUT2D eigenvalue weighted by atomic mass is 16.5. The number of anilines is 1. The smallest absolute Gasteiger partial charge is 0.320 e. The molecule has 8 heteroatoms. The quantitative estimate of drug-likeness (QED) is 0.175. The molecule has 0 amide bonds. The highest BCUT2D eigenvalue weighted by Crippen LogP contribution is 2.30. The van der Waals surface area contributed by atoms with Gasteiger partial charge in [-0.3, -0.25) is 9.78 Å². The number of rotatable bonds is 13. The van der Waals surface area contributed by atoms with Gasteiger partial charge in [0.15, 0.2) is 0 Å². The Labute approximate surface area is 240 Å². The number of carboxylic acid groups (broad SMARTS) is 1. The zero-order valence-corrected chi connectivity index (χ0v) is 23.2. The summed E-state index contributed by atoms with van der Waals surface area (Å²) < 4.78 is 6.20. The van der Waals surface area contributed by atoms with Gasteiger partial charge in [0.25, 0.3) is 0 Å². The molecule has 0 unspecified atom stereocenters. The first-order valence-electron chi connectivity index (χ1n) is 13.4. The number of aliphatic carboxylic acids is 1. The van der Waals surface area contributed by atoms with Crippen LogP contribution in [0.1, 0.15) is 39.8 Å². The van der Waals surface area contributed by atoms with E-state index in [9.17, 15) is 20.3 Å². The highest BCUT2D eigenvalue weighted by molar-refractivity contribution is 5.73. The van der Waals surface area contributed by atoms with Gasteiger partial charge in [0.05, 0.1) is 5.56 Å². The number of nitriles is 1. The topological polar surface area (TPSA) is 128 Å². The van der Waals surface area contributed by atoms with Crippen molar-refractivity contribution in [2.75, 3.05) is 11.9 Å². The number of nitrogens with zero attached hydrogens (tertiary/aromatic N) is 2. The van der Waals surface area contributed by atoms with Crippen LogP contribution in [0.2, 0.25) is 0 Å². The van der Waals surface area contributed by atoms with Crippen LogP contribution in [0.3, 0.4) is 0 Å². The summed E-state index contributed by atoms with van der Waals surface area (Å²) in [4.78, 5) is 15.7. The Kier molecular flexibility index (Phi) is 10.1. The second kappa shape index (κ2) is 14.1. The number of benzene rings is 3. The first kappa shape index (κ1) is 29.3. The number of aliphatic hydroxyl groups excluding tert-OH is 1. The minimum absolute atomic E-state index is 0.0954. The van der Waals surface area contributed by atoms with Gasteiger partial charge in [-0.2, -0.15) is 5.26 Å². The van der Waals surface area contributed by atoms with Crippen molar-refractivity contribution in [1.82, 2.24) is 10.3 Å². The second-order valence-electron chi connectivity index (χ2n) is 9.85. The number of aryl methyl sites for hydroxylation is 1. The van der Waals surface area contributed by atoms with Crippen LogP contribution in [0.4, 0.5) is 5.69 Å². The van der Waals surface area contributed by atoms with Crippen molar-refractivity contribution >= 4 is 11.7 Å². The summed E-state index contributed by atoms with van der Waals surface area (Å²) >= 11 is 0. The molecule has 4 N–H and O–H groups in total. The van der Waals surface area contributed by atoms with E-state index < -0.39 is 12.0 Å². The molecule has 210 valence electrons. The van der Waals surface area contributed by atoms with E-state index in [-0.39, 0.29) is 26.2 Å². The van der Waals surface area contributed by atoms with Crippen LogP contribution in [-0.4, -0.2) is 33.8 Å². The molecular weight excluding hydrogens is 516 g/mol. The van der Waals surface area contributed by atoms with Crippen molar-refractivity contribution in [2.24, 2.45) is 0 Å². The predicted molar refractivity (Wildman–Crippen MR) is 158 cm³/mol. The molecule has 0 saturated heterocycles. The van der Waals surface area contributed by atoms with Crippen LogP contribution in [-0.2, 0) is 24.5 Å². The van der Waals surface area contributed by atoms with Crippen LogP contribution in [0.5, 0.6) is 5.75 Å². The molecule has 0 bridgehead atoms. The van der Waals surface area contributed by atoms with Crippen molar-refractivity contribution in [1.29, 1.82) is 5.26 Å². The van der Waals surface area contributed by atoms with Crippen molar-refractivity contribution in [3.8, 4) is 22.9 Å². The third-order valence-electron chi connectivity index (χ3n) is 6.98. The number of carbonyl (C=O) groups is 1. The molecule has 4 aromatic rings. The Bertz CT molecular complexity index is 1530. The number of carboxylic acids is 1. The van der Waals surface area contributed by atoms with Crippen LogP contribution in [0.25, 0.3) is 11.1 Å². The number of nitrogens with one attached hydrogen (secondary N) is 2. The Morgan fingerprint density at radius 2 is 1.83 bits per heavy atom. The normalized spacial score (nSPS) is 11.5. The average Bonchev–Trinajstić information content (AvgIpc) is 2.99. The Balaban J connectivity index is 1.58. The Morgan fingerprint density at radius 3 is 2.56 bits per heavy atom. The van der Waals surface area contributed by atoms with E-state index in [2.05, 4.69) is 58.9 Å². The van der Waals surface area contributed by atoms with Crippen LogP contribution in [0.15, 0.2) is 79.1 Å². The number of hydrogen-bond acceptors (Lipinski definition) is 7. The predicted octanol–water partition coefficient (Wildman–Crippen LogP) is 5.35. The van der Waals surface area contributed by atoms with E-state index in [0.717, 1.165) is 22.4 Å². The van der Waals surface area contributed by atoms with Crippen molar-refractivity contribution in [3.63, 3.8) is 0 Å². The molecule has 41 heavy (non-hydrogen) atoms. The molecule has 0 fully saturated rings. The van der Waals surface area contributed by atoms with E-state index in [1.54, 1.807) is 12.3 Å². The summed E-state index contributed by atoms with van der Waals surface area (Å²) in [6.45, 7) is 4.92. The zero-order valence-electron chi connectivity index (χ0n) is 23.2. The van der Waals surface area contributed by atoms with Crippen LogP contribution >= 0.6 is 0 Å². The standard InChI is InChI=1S/C33H34N4O4/c1-22-13-28(20-36-30(11-12-38)33(39)40)32(41-21-25-14-24(16-34)17-35-18-25)15-31(22)37-19-27-9-6-10-29(23(27)2)26-7-4-3-5-8-26/h3-10,13-15,17-18,30,36-38H,11-12,19-21H2,1-2H3,(H,39,40)/t30-/m1/s1. The lowest BCUT2D eigenvalue weighted by Crippen LogP contribution is -2.37. The van der Waals surface area contributed by atoms with Gasteiger partial charge in [0.2, 0.25) is 0 Å². The minimum atomic E-state index is -1.02. The van der Waals surface area contributed by atoms with Gasteiger partial charge in [0, 0.05) is 55.0 Å². The summed E-state index contributed by atoms with van der Waals surface area (Å²) in [6.07, 6.45) is 3.24. The zero-order chi connectivity index (χ0) is 29.2. The van der Waals surface area contributed by atoms with Crippen molar-refractivity contribution < 1.29 is 19.7 Å². The molecule has 1 aromatic heterocycles. The minimum Gasteiger partial charge on any atom is -0.488 e. The summed E-state index contributed by atoms with van der Waals surface area (Å²) in [5, 5.41) is 34.5. The molecule has 0 aliphatic carbocycles. The molecule has 8 nitrogen and oxygen atoms in total. The Morgan fingerprint density at radius 1 is 1.02 bits per heavy atom. The van der Waals surface area contributed by atoms with Gasteiger partial charge in [-0.05, 0) is 60.2 Å². The van der Waals surface area contributed by atoms with Crippen molar-refractivity contribution in [2.45, 2.75) is 46.0 Å². The fraction of sp³-hybridized carbons (Fsp3) is 0.242. The molecule has 0 radical (unpaired) electrons. The van der Waals surface area contributed by atoms with E-state index in [1.165, 1.54) is 28.5 Å². The summed E-state index contributed by atoms with van der Waals surface area (Å²) in [6, 6.07) is 23.4. The molecule has 0 aliphatic heterocycles. The fourth-order valence-corrected chi connectivity index (χ4v) is 4.67. The van der Waals surface area contributed by atoms with Crippen LogP contribution < -0.4 is 15.4 Å². The SMILES string of the molecule is Cc1cc(CN[C@H](CCO)C(=O)O)c(OCc2cncc(C#N)c2)cc1NCc1cccc(-c2ccccc2)c1C. The molecule has 0 spiro atoms. The molecule has 1 atom stereocenters. The fourth-order valence-electron chi connectivity index (χ4n) is 4.67. The third kappa shape index (κ3) is 7.70. The molecule has 1 heterocycles. The molecule has 0 saturated carbocycles. The molecule has 4 rings (SSSR count). The second-order valence-corrected chi connectivity index (χ2v) is 9.85. The molecule has 0 aliphatic rings. The summed E-state index contributed by atoms with van der Waals surface area (Å²) in [7, 11) is 0. The van der Waals surface area contributed by atoms with E-state index in [0.29, 0.717) is 17.9 Å².